The summed E-state index contributed by atoms with van der Waals surface area (Å²) in [6.45, 7) is 6.50. The molecule has 0 spiro atoms. The molecule has 0 saturated heterocycles. The van der Waals surface area contributed by atoms with Gasteiger partial charge in [0.2, 0.25) is 0 Å². The van der Waals surface area contributed by atoms with Crippen LogP contribution in [0.1, 0.15) is 27.8 Å². The smallest absolute Gasteiger partial charge is 0.168 e. The number of benzene rings is 5. The van der Waals surface area contributed by atoms with E-state index >= 15 is 0 Å². The van der Waals surface area contributed by atoms with Gasteiger partial charge >= 0.3 is 21.7 Å². The Labute approximate surface area is 274 Å². The Bertz CT molecular complexity index is 1750. The van der Waals surface area contributed by atoms with Gasteiger partial charge in [-0.3, -0.25) is 0 Å². The minimum absolute atomic E-state index is 0. The Hall–Kier alpha value is -3.54. The summed E-state index contributed by atoms with van der Waals surface area (Å²) in [5.41, 5.74) is 6.95. The topological polar surface area (TPSA) is 0 Å². The maximum atomic E-state index is 2.26. The van der Waals surface area contributed by atoms with E-state index in [0.717, 1.165) is 21.4 Å². The Balaban J connectivity index is 0.000000149. The molecule has 43 heavy (non-hydrogen) atoms. The van der Waals surface area contributed by atoms with Crippen LogP contribution in [0.3, 0.4) is 0 Å². The molecule has 0 aromatic heterocycles. The zero-order valence-electron chi connectivity index (χ0n) is 25.3. The van der Waals surface area contributed by atoms with Gasteiger partial charge < -0.3 is 0 Å². The van der Waals surface area contributed by atoms with Crippen LogP contribution in [0.4, 0.5) is 0 Å². The molecule has 0 aliphatic heterocycles. The van der Waals surface area contributed by atoms with E-state index in [1.165, 1.54) is 60.0 Å². The number of rotatable bonds is 5. The molecule has 0 aliphatic rings. The largest absolute Gasteiger partial charge is 2.00 e. The average molecular weight is 611 g/mol. The van der Waals surface area contributed by atoms with Gasteiger partial charge in [0.25, 0.3) is 0 Å². The average Bonchev–Trinajstić information content (AvgIpc) is 3.70. The van der Waals surface area contributed by atoms with E-state index in [-0.39, 0.29) is 21.7 Å². The van der Waals surface area contributed by atoms with E-state index in [0.29, 0.717) is 0 Å². The number of fused-ring (bicyclic) bond motifs is 2. The molecule has 0 fully saturated rings. The van der Waals surface area contributed by atoms with Gasteiger partial charge in [-0.15, -0.1) is 77.4 Å². The monoisotopic (exact) mass is 610 g/mol. The third-order valence-electron chi connectivity index (χ3n) is 7.73. The summed E-state index contributed by atoms with van der Waals surface area (Å²) in [5.74, 6) is 0. The molecule has 7 rings (SSSR count). The molecule has 0 N–H and O–H groups in total. The fraction of sp³-hybridized carbons (Fsp3) is 0.122. The van der Waals surface area contributed by atoms with E-state index < -0.39 is 0 Å². The molecule has 0 saturated carbocycles. The van der Waals surface area contributed by atoms with Gasteiger partial charge in [0.1, 0.15) is 0 Å². The minimum atomic E-state index is 0. The van der Waals surface area contributed by atoms with Crippen LogP contribution >= 0.6 is 8.58 Å². The minimum Gasteiger partial charge on any atom is -0.168 e. The second-order valence-corrected chi connectivity index (χ2v) is 12.1. The van der Waals surface area contributed by atoms with Crippen molar-refractivity contribution in [2.24, 2.45) is 0 Å². The quantitative estimate of drug-likeness (QED) is 0.103. The SMILES string of the molecule is Cc1ccc(C)c2[cH-]ccc12.Cc1ccccc1P[c-]1ccc2ccccc21.[Ti+2].c1ccc(CCc2ccccc2)cc1. The first-order valence-corrected chi connectivity index (χ1v) is 15.7. The molecule has 0 aliphatic carbocycles. The van der Waals surface area contributed by atoms with Crippen molar-refractivity contribution in [2.75, 3.05) is 0 Å². The van der Waals surface area contributed by atoms with Crippen LogP contribution in [-0.2, 0) is 34.6 Å². The van der Waals surface area contributed by atoms with Crippen LogP contribution in [0.15, 0.2) is 152 Å². The van der Waals surface area contributed by atoms with Crippen molar-refractivity contribution < 1.29 is 21.7 Å². The molecule has 0 nitrogen and oxygen atoms in total. The van der Waals surface area contributed by atoms with Crippen molar-refractivity contribution in [3.05, 3.63) is 179 Å². The standard InChI is InChI=1S/C16H14P.C14H14.C11H11.Ti/c1-12-6-2-5-9-15(12)17-16-11-10-13-7-3-4-8-14(13)16;1-3-7-13(8-4-1)11-12-14-9-5-2-6-10-14;1-8-6-7-9(2)11-5-3-4-10(8)11;/h2-11,17H,1H3;1-10H,11-12H2;3-7H,1-2H3;/q-1;;-1;+2. The van der Waals surface area contributed by atoms with Gasteiger partial charge in [-0.2, -0.15) is 18.2 Å². The molecule has 0 bridgehead atoms. The number of hydrogen-bond acceptors (Lipinski definition) is 0. The summed E-state index contributed by atoms with van der Waals surface area (Å²) in [5, 5.41) is 8.44. The Morgan fingerprint density at radius 2 is 1.14 bits per heavy atom. The summed E-state index contributed by atoms with van der Waals surface area (Å²) in [6.07, 6.45) is 2.26. The summed E-state index contributed by atoms with van der Waals surface area (Å²) < 4.78 is 0. The third-order valence-corrected chi connectivity index (χ3v) is 9.27. The van der Waals surface area contributed by atoms with E-state index in [1.54, 1.807) is 0 Å². The zero-order valence-corrected chi connectivity index (χ0v) is 27.9. The first-order chi connectivity index (χ1) is 20.6. The summed E-state index contributed by atoms with van der Waals surface area (Å²) in [4.78, 5) is 0. The maximum Gasteiger partial charge on any atom is 2.00 e. The Morgan fingerprint density at radius 3 is 1.79 bits per heavy atom. The van der Waals surface area contributed by atoms with Gasteiger partial charge in [0.15, 0.2) is 0 Å². The fourth-order valence-corrected chi connectivity index (χ4v) is 6.51. The molecular formula is C41H39PTi. The summed E-state index contributed by atoms with van der Waals surface area (Å²) in [7, 11) is 0.754. The predicted molar refractivity (Wildman–Crippen MR) is 188 cm³/mol. The number of aryl methyl sites for hydroxylation is 5. The van der Waals surface area contributed by atoms with Crippen LogP contribution in [0.2, 0.25) is 0 Å². The first-order valence-electron chi connectivity index (χ1n) is 14.7. The van der Waals surface area contributed by atoms with Gasteiger partial charge in [-0.1, -0.05) is 110 Å². The molecule has 0 radical (unpaired) electrons. The molecule has 212 valence electrons. The zero-order chi connectivity index (χ0) is 29.1. The molecule has 0 amide bonds. The third kappa shape index (κ3) is 8.98. The van der Waals surface area contributed by atoms with Crippen LogP contribution < -0.4 is 10.6 Å². The normalized spacial score (nSPS) is 10.6. The van der Waals surface area contributed by atoms with Crippen LogP contribution in [0, 0.1) is 20.8 Å². The van der Waals surface area contributed by atoms with Crippen molar-refractivity contribution in [2.45, 2.75) is 33.6 Å². The van der Waals surface area contributed by atoms with E-state index in [4.69, 9.17) is 0 Å². The van der Waals surface area contributed by atoms with Gasteiger partial charge in [-0.25, -0.2) is 0 Å². The summed E-state index contributed by atoms with van der Waals surface area (Å²) in [6, 6.07) is 53.8. The van der Waals surface area contributed by atoms with Crippen LogP contribution in [0.5, 0.6) is 0 Å². The Morgan fingerprint density at radius 1 is 0.558 bits per heavy atom. The van der Waals surface area contributed by atoms with E-state index in [2.05, 4.69) is 172 Å². The van der Waals surface area contributed by atoms with Gasteiger partial charge in [0.05, 0.1) is 0 Å². The van der Waals surface area contributed by atoms with Gasteiger partial charge in [0, 0.05) is 0 Å². The predicted octanol–water partition coefficient (Wildman–Crippen LogP) is 10.1. The molecule has 1 unspecified atom stereocenters. The van der Waals surface area contributed by atoms with Gasteiger partial charge in [-0.05, 0) is 48.7 Å². The first kappa shape index (κ1) is 32.4. The van der Waals surface area contributed by atoms with Crippen molar-refractivity contribution in [1.29, 1.82) is 0 Å². The molecule has 2 heteroatoms. The fourth-order valence-electron chi connectivity index (χ4n) is 5.23. The molecular weight excluding hydrogens is 571 g/mol. The molecule has 0 heterocycles. The molecule has 7 aromatic rings. The van der Waals surface area contributed by atoms with E-state index in [9.17, 15) is 0 Å². The van der Waals surface area contributed by atoms with E-state index in [1.807, 2.05) is 0 Å². The van der Waals surface area contributed by atoms with Crippen LogP contribution in [-0.4, -0.2) is 0 Å². The second-order valence-electron chi connectivity index (χ2n) is 10.8. The van der Waals surface area contributed by atoms with Crippen molar-refractivity contribution in [3.8, 4) is 0 Å². The maximum absolute atomic E-state index is 2.26. The second kappa shape index (κ2) is 16.3. The summed E-state index contributed by atoms with van der Waals surface area (Å²) >= 11 is 0. The number of hydrogen-bond donors (Lipinski definition) is 0. The molecule has 1 atom stereocenters. The molecule has 7 aromatic carbocycles. The van der Waals surface area contributed by atoms with Crippen molar-refractivity contribution >= 4 is 40.7 Å². The van der Waals surface area contributed by atoms with Crippen LogP contribution in [0.25, 0.3) is 21.5 Å². The van der Waals surface area contributed by atoms with Crippen molar-refractivity contribution in [1.82, 2.24) is 0 Å². The Kier molecular flexibility index (Phi) is 12.3. The van der Waals surface area contributed by atoms with Crippen molar-refractivity contribution in [3.63, 3.8) is 0 Å².